The van der Waals surface area contributed by atoms with E-state index >= 15 is 0 Å². The van der Waals surface area contributed by atoms with Crippen molar-refractivity contribution < 1.29 is 23.1 Å². The molecule has 1 aliphatic carbocycles. The van der Waals surface area contributed by atoms with Gasteiger partial charge in [-0.3, -0.25) is 0 Å². The lowest BCUT2D eigenvalue weighted by Crippen LogP contribution is -2.46. The molecule has 1 fully saturated rings. The van der Waals surface area contributed by atoms with Crippen LogP contribution < -0.4 is 0 Å². The van der Waals surface area contributed by atoms with Gasteiger partial charge in [-0.05, 0) is 18.4 Å². The predicted molar refractivity (Wildman–Crippen MR) is 73.9 cm³/mol. The van der Waals surface area contributed by atoms with Gasteiger partial charge >= 0.3 is 12.1 Å². The maximum atomic E-state index is 12.9. The zero-order chi connectivity index (χ0) is 15.7. The molecule has 0 radical (unpaired) electrons. The van der Waals surface area contributed by atoms with E-state index < -0.39 is 30.4 Å². The number of benzene rings is 1. The summed E-state index contributed by atoms with van der Waals surface area (Å²) < 4.78 is 38.8. The molecule has 4 nitrogen and oxygen atoms in total. The Kier molecular flexibility index (Phi) is 4.10. The molecule has 0 saturated heterocycles. The van der Waals surface area contributed by atoms with Gasteiger partial charge in [0.25, 0.3) is 0 Å². The van der Waals surface area contributed by atoms with Gasteiger partial charge in [0.2, 0.25) is 0 Å². The van der Waals surface area contributed by atoms with Crippen molar-refractivity contribution >= 4 is 5.90 Å². The summed E-state index contributed by atoms with van der Waals surface area (Å²) in [6, 6.07) is 8.20. The molecule has 7 heteroatoms. The molecule has 3 rings (SSSR count). The van der Waals surface area contributed by atoms with Crippen molar-refractivity contribution in [1.82, 2.24) is 5.06 Å². The number of nitrogens with zero attached hydrogens (tertiary/aromatic N) is 2. The first-order valence-corrected chi connectivity index (χ1v) is 7.31. The highest BCUT2D eigenvalue weighted by molar-refractivity contribution is 5.82. The average Bonchev–Trinajstić information content (AvgIpc) is 2.94. The molecule has 1 aliphatic heterocycles. The number of hydrogen-bond acceptors (Lipinski definition) is 4. The van der Waals surface area contributed by atoms with E-state index in [0.717, 1.165) is 12.8 Å². The molecule has 1 N–H and O–H groups in total. The standard InChI is InChI=1S/C15H17F3N2O2/c16-15(17,18)14-19-13(10-6-2-1-3-7-10)20(22-14)11-8-4-5-9-12(11)21/h1-3,6-7,11-13,21H,4-5,8-9H2. The highest BCUT2D eigenvalue weighted by Crippen LogP contribution is 2.38. The SMILES string of the molecule is OC1CCCCC1N1OC(C(F)(F)F)=NC1c1ccccc1. The van der Waals surface area contributed by atoms with Gasteiger partial charge in [-0.15, -0.1) is 5.06 Å². The van der Waals surface area contributed by atoms with Crippen LogP contribution >= 0.6 is 0 Å². The zero-order valence-corrected chi connectivity index (χ0v) is 11.8. The Hall–Kier alpha value is -1.60. The number of aliphatic hydroxyl groups excluding tert-OH is 1. The summed E-state index contributed by atoms with van der Waals surface area (Å²) in [5.74, 6) is -1.25. The van der Waals surface area contributed by atoms with Crippen molar-refractivity contribution in [2.75, 3.05) is 0 Å². The molecule has 1 heterocycles. The van der Waals surface area contributed by atoms with E-state index in [2.05, 4.69) is 4.99 Å². The van der Waals surface area contributed by atoms with Crippen molar-refractivity contribution in [2.24, 2.45) is 4.99 Å². The predicted octanol–water partition coefficient (Wildman–Crippen LogP) is 3.20. The maximum Gasteiger partial charge on any atom is 0.470 e. The van der Waals surface area contributed by atoms with Crippen LogP contribution in [0.25, 0.3) is 0 Å². The van der Waals surface area contributed by atoms with Crippen LogP contribution in [0.3, 0.4) is 0 Å². The van der Waals surface area contributed by atoms with Crippen molar-refractivity contribution in [3.8, 4) is 0 Å². The van der Waals surface area contributed by atoms with Gasteiger partial charge in [0.1, 0.15) is 0 Å². The van der Waals surface area contributed by atoms with E-state index in [0.29, 0.717) is 18.4 Å². The number of aliphatic hydroxyl groups is 1. The van der Waals surface area contributed by atoms with Crippen LogP contribution in [0.2, 0.25) is 0 Å². The fraction of sp³-hybridized carbons (Fsp3) is 0.533. The topological polar surface area (TPSA) is 45.1 Å². The van der Waals surface area contributed by atoms with Crippen LogP contribution in [0.5, 0.6) is 0 Å². The molecule has 1 aromatic rings. The van der Waals surface area contributed by atoms with E-state index in [9.17, 15) is 18.3 Å². The Bertz CT molecular complexity index is 547. The molecule has 3 unspecified atom stereocenters. The first-order chi connectivity index (χ1) is 10.5. The summed E-state index contributed by atoms with van der Waals surface area (Å²) in [6.07, 6.45) is -3.35. The molecule has 3 atom stereocenters. The highest BCUT2D eigenvalue weighted by Gasteiger charge is 2.49. The smallest absolute Gasteiger partial charge is 0.391 e. The number of hydroxylamine groups is 2. The summed E-state index contributed by atoms with van der Waals surface area (Å²) in [6.45, 7) is 0. The summed E-state index contributed by atoms with van der Waals surface area (Å²) in [5, 5.41) is 11.3. The maximum absolute atomic E-state index is 12.9. The lowest BCUT2D eigenvalue weighted by molar-refractivity contribution is -0.181. The molecular weight excluding hydrogens is 297 g/mol. The molecule has 1 aromatic carbocycles. The van der Waals surface area contributed by atoms with Crippen LogP contribution in [-0.4, -0.2) is 34.4 Å². The molecule has 1 saturated carbocycles. The van der Waals surface area contributed by atoms with Gasteiger partial charge in [-0.1, -0.05) is 43.2 Å². The van der Waals surface area contributed by atoms with Crippen LogP contribution in [0.1, 0.15) is 37.4 Å². The van der Waals surface area contributed by atoms with E-state index in [1.807, 2.05) is 0 Å². The second-order valence-electron chi connectivity index (χ2n) is 5.59. The fourth-order valence-corrected chi connectivity index (χ4v) is 2.95. The van der Waals surface area contributed by atoms with Gasteiger partial charge < -0.3 is 9.94 Å². The molecule has 22 heavy (non-hydrogen) atoms. The molecule has 0 aromatic heterocycles. The Morgan fingerprint density at radius 3 is 2.45 bits per heavy atom. The Balaban J connectivity index is 1.91. The van der Waals surface area contributed by atoms with Crippen molar-refractivity contribution in [1.29, 1.82) is 0 Å². The average molecular weight is 314 g/mol. The molecule has 0 spiro atoms. The van der Waals surface area contributed by atoms with E-state index in [-0.39, 0.29) is 0 Å². The van der Waals surface area contributed by atoms with Crippen molar-refractivity contribution in [2.45, 2.75) is 50.2 Å². The minimum atomic E-state index is -4.64. The number of hydrogen-bond donors (Lipinski definition) is 1. The van der Waals surface area contributed by atoms with Crippen molar-refractivity contribution in [3.63, 3.8) is 0 Å². The van der Waals surface area contributed by atoms with E-state index in [4.69, 9.17) is 4.84 Å². The van der Waals surface area contributed by atoms with Gasteiger partial charge in [-0.2, -0.15) is 13.2 Å². The largest absolute Gasteiger partial charge is 0.470 e. The third kappa shape index (κ3) is 2.96. The van der Waals surface area contributed by atoms with Gasteiger partial charge in [0.15, 0.2) is 6.17 Å². The highest BCUT2D eigenvalue weighted by atomic mass is 19.4. The minimum absolute atomic E-state index is 0.484. The Labute approximate surface area is 126 Å². The number of halogens is 3. The normalized spacial score (nSPS) is 30.0. The van der Waals surface area contributed by atoms with E-state index in [1.165, 1.54) is 5.06 Å². The third-order valence-corrected chi connectivity index (χ3v) is 4.03. The van der Waals surface area contributed by atoms with Crippen LogP contribution in [0.4, 0.5) is 13.2 Å². The quantitative estimate of drug-likeness (QED) is 0.912. The molecule has 0 amide bonds. The monoisotopic (exact) mass is 314 g/mol. The van der Waals surface area contributed by atoms with Crippen LogP contribution in [-0.2, 0) is 4.84 Å². The first kappa shape index (κ1) is 15.3. The molecule has 2 aliphatic rings. The molecule has 0 bridgehead atoms. The fourth-order valence-electron chi connectivity index (χ4n) is 2.95. The second kappa shape index (κ2) is 5.89. The zero-order valence-electron chi connectivity index (χ0n) is 11.8. The summed E-state index contributed by atoms with van der Waals surface area (Å²) in [4.78, 5) is 8.71. The van der Waals surface area contributed by atoms with Crippen LogP contribution in [0.15, 0.2) is 35.3 Å². The molecular formula is C15H17F3N2O2. The number of aliphatic imine (C=N–C) groups is 1. The summed E-state index contributed by atoms with van der Waals surface area (Å²) in [7, 11) is 0. The molecule has 120 valence electrons. The third-order valence-electron chi connectivity index (χ3n) is 4.03. The van der Waals surface area contributed by atoms with Gasteiger partial charge in [-0.25, -0.2) is 4.99 Å². The number of alkyl halides is 3. The Morgan fingerprint density at radius 2 is 1.82 bits per heavy atom. The summed E-state index contributed by atoms with van der Waals surface area (Å²) >= 11 is 0. The van der Waals surface area contributed by atoms with Crippen molar-refractivity contribution in [3.05, 3.63) is 35.9 Å². The van der Waals surface area contributed by atoms with Crippen LogP contribution in [0, 0.1) is 0 Å². The second-order valence-corrected chi connectivity index (χ2v) is 5.59. The number of rotatable bonds is 2. The van der Waals surface area contributed by atoms with Gasteiger partial charge in [0.05, 0.1) is 12.1 Å². The lowest BCUT2D eigenvalue weighted by Gasteiger charge is -2.35. The van der Waals surface area contributed by atoms with Gasteiger partial charge in [0, 0.05) is 0 Å². The lowest BCUT2D eigenvalue weighted by atomic mass is 9.92. The first-order valence-electron chi connectivity index (χ1n) is 7.31. The summed E-state index contributed by atoms with van der Waals surface area (Å²) in [5.41, 5.74) is 0.611. The Morgan fingerprint density at radius 1 is 1.14 bits per heavy atom. The van der Waals surface area contributed by atoms with E-state index in [1.54, 1.807) is 30.3 Å². The minimum Gasteiger partial charge on any atom is -0.391 e.